The van der Waals surface area contributed by atoms with Gasteiger partial charge >= 0.3 is 11.9 Å². The summed E-state index contributed by atoms with van der Waals surface area (Å²) in [6.45, 7) is -0.703. The number of nitrogens with one attached hydrogen (secondary N) is 8. The van der Waals surface area contributed by atoms with Gasteiger partial charge in [-0.2, -0.15) is 0 Å². The number of aromatic nitrogens is 3. The molecule has 5 aromatic rings. The fourth-order valence-corrected chi connectivity index (χ4v) is 7.56. The Balaban J connectivity index is 1.40. The molecule has 0 spiro atoms. The summed E-state index contributed by atoms with van der Waals surface area (Å²) in [5, 5.41) is 44.7. The molecule has 0 fully saturated rings. The molecule has 0 aliphatic heterocycles. The highest BCUT2D eigenvalue weighted by Gasteiger charge is 2.34. The highest BCUT2D eigenvalue weighted by atomic mass is 16.4. The Kier molecular flexibility index (Phi) is 20.2. The predicted molar refractivity (Wildman–Crippen MR) is 261 cm³/mol. The number of amides is 6. The molecule has 0 saturated heterocycles. The quantitative estimate of drug-likeness (QED) is 0.0158. The summed E-state index contributed by atoms with van der Waals surface area (Å²) in [5.74, 6) is -7.98. The van der Waals surface area contributed by atoms with Crippen LogP contribution in [-0.4, -0.2) is 133 Å². The van der Waals surface area contributed by atoms with Crippen molar-refractivity contribution >= 4 is 64.2 Å². The second kappa shape index (κ2) is 26.8. The monoisotopic (exact) mass is 993 g/mol. The summed E-state index contributed by atoms with van der Waals surface area (Å²) in [4.78, 5) is 121. The van der Waals surface area contributed by atoms with E-state index in [0.29, 0.717) is 22.4 Å². The van der Waals surface area contributed by atoms with Crippen molar-refractivity contribution in [1.29, 1.82) is 0 Å². The maximum Gasteiger partial charge on any atom is 0.322 e. The van der Waals surface area contributed by atoms with E-state index in [-0.39, 0.29) is 56.8 Å². The first-order valence-electron chi connectivity index (χ1n) is 22.8. The van der Waals surface area contributed by atoms with E-state index >= 15 is 0 Å². The van der Waals surface area contributed by atoms with Crippen LogP contribution in [0.1, 0.15) is 48.1 Å². The zero-order chi connectivity index (χ0) is 52.2. The average Bonchev–Trinajstić information content (AvgIpc) is 4.03. The lowest BCUT2D eigenvalue weighted by Gasteiger charge is -2.27. The Morgan fingerprint density at radius 2 is 1.18 bits per heavy atom. The number of aromatic amines is 2. The van der Waals surface area contributed by atoms with E-state index in [4.69, 9.17) is 17.2 Å². The molecule has 72 heavy (non-hydrogen) atoms. The zero-order valence-corrected chi connectivity index (χ0v) is 39.0. The van der Waals surface area contributed by atoms with Gasteiger partial charge in [0.1, 0.15) is 42.5 Å². The van der Waals surface area contributed by atoms with Gasteiger partial charge in [0.2, 0.25) is 35.4 Å². The number of fused-ring (bicyclic) bond motifs is 1. The molecule has 17 N–H and O–H groups in total. The molecule has 2 heterocycles. The van der Waals surface area contributed by atoms with Crippen molar-refractivity contribution < 1.29 is 53.7 Å². The van der Waals surface area contributed by atoms with E-state index in [1.54, 1.807) is 54.7 Å². The highest BCUT2D eigenvalue weighted by Crippen LogP contribution is 2.20. The van der Waals surface area contributed by atoms with Gasteiger partial charge < -0.3 is 74.4 Å². The minimum Gasteiger partial charge on any atom is -0.508 e. The van der Waals surface area contributed by atoms with Crippen LogP contribution in [0, 0.1) is 0 Å². The molecular weight excluding hydrogens is 935 g/mol. The third-order valence-electron chi connectivity index (χ3n) is 11.3. The topological polar surface area (TPSA) is 404 Å². The van der Waals surface area contributed by atoms with Gasteiger partial charge in [0.25, 0.3) is 0 Å². The molecule has 0 unspecified atom stereocenters. The SMILES string of the molecule is NC(N)=NCCC[C@H](NC(=O)[C@@H](Cc1ccccc1)NC(=O)[C@H](Cc1cnc[nH]1)NC(=O)[C@H](CCC(=O)O)NC(=O)[C@@H](N)Cc1ccc(O)cc1)C(=O)N[C@@H](Cc1c[nH]c2ccccc12)C(=O)NCC(=O)O. The maximum atomic E-state index is 14.5. The number of carbonyl (C=O) groups excluding carboxylic acids is 6. The Morgan fingerprint density at radius 3 is 1.81 bits per heavy atom. The van der Waals surface area contributed by atoms with E-state index in [1.807, 2.05) is 18.2 Å². The van der Waals surface area contributed by atoms with Crippen LogP contribution >= 0.6 is 0 Å². The largest absolute Gasteiger partial charge is 0.508 e. The number of rotatable bonds is 28. The summed E-state index contributed by atoms with van der Waals surface area (Å²) in [6.07, 6.45) is 3.05. The number of phenolic OH excluding ortho intramolecular Hbond substituents is 1. The molecule has 0 radical (unpaired) electrons. The zero-order valence-electron chi connectivity index (χ0n) is 39.0. The number of phenols is 1. The van der Waals surface area contributed by atoms with Crippen LogP contribution in [0.3, 0.4) is 0 Å². The van der Waals surface area contributed by atoms with Crippen LogP contribution in [0.2, 0.25) is 0 Å². The first-order valence-corrected chi connectivity index (χ1v) is 22.8. The van der Waals surface area contributed by atoms with Crippen molar-refractivity contribution in [2.24, 2.45) is 22.2 Å². The lowest BCUT2D eigenvalue weighted by atomic mass is 10.0. The van der Waals surface area contributed by atoms with Crippen LogP contribution in [0.4, 0.5) is 0 Å². The number of benzene rings is 3. The van der Waals surface area contributed by atoms with Crippen molar-refractivity contribution in [1.82, 2.24) is 46.9 Å². The smallest absolute Gasteiger partial charge is 0.322 e. The van der Waals surface area contributed by atoms with Crippen molar-refractivity contribution in [3.05, 3.63) is 120 Å². The molecule has 0 saturated carbocycles. The van der Waals surface area contributed by atoms with Crippen molar-refractivity contribution in [2.45, 2.75) is 87.6 Å². The number of nitrogens with zero attached hydrogens (tertiary/aromatic N) is 2. The number of aliphatic imine (C=N–C) groups is 1. The summed E-state index contributed by atoms with van der Waals surface area (Å²) in [6, 6.07) is 13.4. The fraction of sp³-hybridized carbons (Fsp3) is 0.333. The van der Waals surface area contributed by atoms with Crippen LogP contribution in [0.5, 0.6) is 5.75 Å². The average molecular weight is 994 g/mol. The Hall–Kier alpha value is -8.80. The van der Waals surface area contributed by atoms with Gasteiger partial charge in [0.05, 0.1) is 12.4 Å². The van der Waals surface area contributed by atoms with Crippen LogP contribution in [-0.2, 0) is 64.0 Å². The number of para-hydroxylation sites is 1. The van der Waals surface area contributed by atoms with E-state index in [9.17, 15) is 53.7 Å². The Labute approximate surface area is 412 Å². The molecule has 0 bridgehead atoms. The normalized spacial score (nSPS) is 13.5. The third kappa shape index (κ3) is 17.3. The lowest BCUT2D eigenvalue weighted by Crippen LogP contribution is -2.60. The molecule has 6 amide bonds. The van der Waals surface area contributed by atoms with Crippen LogP contribution in [0.25, 0.3) is 10.9 Å². The molecular formula is C48H59N13O11. The first-order chi connectivity index (χ1) is 34.4. The number of H-pyrrole nitrogens is 2. The number of aromatic hydroxyl groups is 1. The van der Waals surface area contributed by atoms with Crippen molar-refractivity contribution in [3.63, 3.8) is 0 Å². The first kappa shape index (κ1) is 54.1. The van der Waals surface area contributed by atoms with Gasteiger partial charge in [-0.25, -0.2) is 4.98 Å². The fourth-order valence-electron chi connectivity index (χ4n) is 7.56. The molecule has 24 heteroatoms. The number of hydrogen-bond donors (Lipinski definition) is 14. The molecule has 24 nitrogen and oxygen atoms in total. The molecule has 0 aliphatic rings. The van der Waals surface area contributed by atoms with Crippen LogP contribution in [0.15, 0.2) is 103 Å². The number of carboxylic acid groups (broad SMARTS) is 2. The van der Waals surface area contributed by atoms with Crippen molar-refractivity contribution in [2.75, 3.05) is 13.1 Å². The molecule has 6 atom stereocenters. The van der Waals surface area contributed by atoms with E-state index in [1.165, 1.54) is 24.7 Å². The van der Waals surface area contributed by atoms with Gasteiger partial charge in [-0.1, -0.05) is 60.7 Å². The Bertz CT molecular complexity index is 2670. The predicted octanol–water partition coefficient (Wildman–Crippen LogP) is -1.26. The van der Waals surface area contributed by atoms with Gasteiger partial charge in [0, 0.05) is 61.2 Å². The number of imidazole rings is 1. The molecule has 382 valence electrons. The number of aliphatic carboxylic acids is 2. The summed E-state index contributed by atoms with van der Waals surface area (Å²) in [7, 11) is 0. The number of carboxylic acids is 2. The standard InChI is InChI=1S/C48H59N13O11/c49-33(19-28-12-14-31(62)15-13-28)42(67)57-36(16-17-40(63)64)45(70)61-39(22-30-24-52-26-56-30)47(72)59-37(20-27-7-2-1-3-8-27)46(71)58-35(11-6-18-53-48(50)51)44(69)60-38(43(68)55-25-41(65)66)21-29-23-54-34-10-5-4-9-32(29)34/h1-5,7-10,12-15,23-24,26,33,35-39,54,62H,6,11,16-22,25,49H2,(H,52,56)(H,55,68)(H,57,67)(H,58,71)(H,59,72)(H,60,69)(H,61,70)(H,63,64)(H,65,66)(H4,50,51,53)/t33-,35-,36-,37+,38-,39-/m0/s1. The minimum atomic E-state index is -1.50. The van der Waals surface area contributed by atoms with E-state index in [2.05, 4.69) is 51.8 Å². The van der Waals surface area contributed by atoms with Gasteiger partial charge in [-0.15, -0.1) is 0 Å². The summed E-state index contributed by atoms with van der Waals surface area (Å²) >= 11 is 0. The molecule has 5 rings (SSSR count). The maximum absolute atomic E-state index is 14.5. The Morgan fingerprint density at radius 1 is 0.611 bits per heavy atom. The van der Waals surface area contributed by atoms with Gasteiger partial charge in [-0.3, -0.25) is 43.3 Å². The van der Waals surface area contributed by atoms with Gasteiger partial charge in [0.15, 0.2) is 5.96 Å². The lowest BCUT2D eigenvalue weighted by molar-refractivity contribution is -0.139. The van der Waals surface area contributed by atoms with Crippen molar-refractivity contribution in [3.8, 4) is 5.75 Å². The number of guanidine groups is 1. The molecule has 0 aliphatic carbocycles. The number of carbonyl (C=O) groups is 8. The second-order valence-corrected chi connectivity index (χ2v) is 16.8. The van der Waals surface area contributed by atoms with Gasteiger partial charge in [-0.05, 0) is 60.6 Å². The summed E-state index contributed by atoms with van der Waals surface area (Å²) < 4.78 is 0. The van der Waals surface area contributed by atoms with Crippen LogP contribution < -0.4 is 49.1 Å². The third-order valence-corrected chi connectivity index (χ3v) is 11.3. The van der Waals surface area contributed by atoms with E-state index < -0.39 is 103 Å². The minimum absolute atomic E-state index is 0.00159. The summed E-state index contributed by atoms with van der Waals surface area (Å²) in [5.41, 5.74) is 20.1. The highest BCUT2D eigenvalue weighted by molar-refractivity contribution is 5.97. The second-order valence-electron chi connectivity index (χ2n) is 16.8. The molecule has 2 aromatic heterocycles. The van der Waals surface area contributed by atoms with E-state index in [0.717, 1.165) is 10.9 Å². The number of nitrogens with two attached hydrogens (primary N) is 3. The number of hydrogen-bond acceptors (Lipinski definition) is 12. The molecule has 3 aromatic carbocycles.